The fraction of sp³-hybridized carbons (Fsp3) is 0.588. The van der Waals surface area contributed by atoms with Crippen LogP contribution in [0, 0.1) is 5.92 Å². The van der Waals surface area contributed by atoms with E-state index in [0.29, 0.717) is 11.8 Å². The van der Waals surface area contributed by atoms with E-state index in [9.17, 15) is 4.79 Å². The molecule has 1 heterocycles. The summed E-state index contributed by atoms with van der Waals surface area (Å²) in [6.45, 7) is 3.93. The van der Waals surface area contributed by atoms with Gasteiger partial charge in [-0.15, -0.1) is 0 Å². The van der Waals surface area contributed by atoms with Crippen LogP contribution in [0.25, 0.3) is 0 Å². The summed E-state index contributed by atoms with van der Waals surface area (Å²) in [6.07, 6.45) is 5.94. The lowest BCUT2D eigenvalue weighted by Crippen LogP contribution is -2.46. The summed E-state index contributed by atoms with van der Waals surface area (Å²) in [5.41, 5.74) is 2.95. The Morgan fingerprint density at radius 1 is 1.16 bits per heavy atom. The Labute approximate surface area is 115 Å². The number of Topliss-reactive ketones (excluding diaryl/α,β-unsaturated/α-hetero) is 1. The molecule has 1 aromatic carbocycles. The third kappa shape index (κ3) is 2.59. The van der Waals surface area contributed by atoms with Crippen LogP contribution >= 0.6 is 0 Å². The van der Waals surface area contributed by atoms with E-state index in [-0.39, 0.29) is 5.92 Å². The maximum absolute atomic E-state index is 11.9. The third-order valence-corrected chi connectivity index (χ3v) is 4.88. The van der Waals surface area contributed by atoms with E-state index >= 15 is 0 Å². The van der Waals surface area contributed by atoms with Crippen molar-refractivity contribution in [2.45, 2.75) is 51.6 Å². The van der Waals surface area contributed by atoms with Crippen LogP contribution in [0.4, 0.5) is 0 Å². The lowest BCUT2D eigenvalue weighted by molar-refractivity contribution is -0.124. The molecule has 0 amide bonds. The highest BCUT2D eigenvalue weighted by Gasteiger charge is 2.34. The normalized spacial score (nSPS) is 27.8. The van der Waals surface area contributed by atoms with Crippen molar-refractivity contribution in [1.82, 2.24) is 4.90 Å². The smallest absolute Gasteiger partial charge is 0.134 e. The molecule has 3 rings (SSSR count). The van der Waals surface area contributed by atoms with Gasteiger partial charge in [0.1, 0.15) is 5.78 Å². The van der Waals surface area contributed by atoms with Crippen LogP contribution in [0.15, 0.2) is 24.3 Å². The highest BCUT2D eigenvalue weighted by atomic mass is 16.1. The van der Waals surface area contributed by atoms with Crippen molar-refractivity contribution in [2.75, 3.05) is 6.54 Å². The van der Waals surface area contributed by atoms with Crippen LogP contribution in [-0.2, 0) is 17.8 Å². The molecule has 0 bridgehead atoms. The lowest BCUT2D eigenvalue weighted by atomic mass is 9.80. The highest BCUT2D eigenvalue weighted by Crippen LogP contribution is 2.32. The molecule has 102 valence electrons. The van der Waals surface area contributed by atoms with Gasteiger partial charge in [0, 0.05) is 25.0 Å². The zero-order chi connectivity index (χ0) is 13.2. The molecule has 2 heteroatoms. The van der Waals surface area contributed by atoms with Gasteiger partial charge in [0.05, 0.1) is 0 Å². The molecule has 1 aliphatic heterocycles. The molecule has 1 saturated carbocycles. The van der Waals surface area contributed by atoms with E-state index in [1.807, 2.05) is 0 Å². The Morgan fingerprint density at radius 3 is 2.68 bits per heavy atom. The number of hydrogen-bond donors (Lipinski definition) is 0. The topological polar surface area (TPSA) is 20.3 Å². The first kappa shape index (κ1) is 12.9. The van der Waals surface area contributed by atoms with Gasteiger partial charge in [0.25, 0.3) is 0 Å². The minimum atomic E-state index is 0.277. The first-order valence-corrected chi connectivity index (χ1v) is 7.57. The summed E-state index contributed by atoms with van der Waals surface area (Å²) in [5.74, 6) is 0.669. The molecule has 2 nitrogen and oxygen atoms in total. The molecule has 0 radical (unpaired) electrons. The van der Waals surface area contributed by atoms with Crippen molar-refractivity contribution in [3.8, 4) is 0 Å². The van der Waals surface area contributed by atoms with Gasteiger partial charge >= 0.3 is 0 Å². The van der Waals surface area contributed by atoms with Gasteiger partial charge in [-0.1, -0.05) is 37.1 Å². The summed E-state index contributed by atoms with van der Waals surface area (Å²) in [7, 11) is 0. The van der Waals surface area contributed by atoms with Gasteiger partial charge < -0.3 is 0 Å². The first-order chi connectivity index (χ1) is 9.25. The molecule has 0 spiro atoms. The molecule has 0 aromatic heterocycles. The Balaban J connectivity index is 1.78. The van der Waals surface area contributed by atoms with Crippen molar-refractivity contribution >= 4 is 5.78 Å². The van der Waals surface area contributed by atoms with Crippen molar-refractivity contribution in [3.63, 3.8) is 0 Å². The summed E-state index contributed by atoms with van der Waals surface area (Å²) in [4.78, 5) is 14.4. The number of nitrogens with zero attached hydrogens (tertiary/aromatic N) is 1. The summed E-state index contributed by atoms with van der Waals surface area (Å²) < 4.78 is 0. The van der Waals surface area contributed by atoms with E-state index in [2.05, 4.69) is 29.2 Å². The second kappa shape index (κ2) is 5.46. The summed E-state index contributed by atoms with van der Waals surface area (Å²) in [6, 6.07) is 9.24. The van der Waals surface area contributed by atoms with Crippen molar-refractivity contribution in [1.29, 1.82) is 0 Å². The average Bonchev–Trinajstić information content (AvgIpc) is 2.46. The van der Waals surface area contributed by atoms with Gasteiger partial charge in [-0.25, -0.2) is 0 Å². The van der Waals surface area contributed by atoms with Gasteiger partial charge in [-0.2, -0.15) is 0 Å². The molecular formula is C17H23NO. The fourth-order valence-electron chi connectivity index (χ4n) is 3.82. The van der Waals surface area contributed by atoms with Crippen molar-refractivity contribution < 1.29 is 4.79 Å². The maximum atomic E-state index is 11.9. The average molecular weight is 257 g/mol. The van der Waals surface area contributed by atoms with E-state index in [0.717, 1.165) is 25.9 Å². The SMILES string of the molecule is CC(=O)C1CCCCC1N1CCc2ccccc2C1. The quantitative estimate of drug-likeness (QED) is 0.811. The number of ketones is 1. The number of hydrogen-bond acceptors (Lipinski definition) is 2. The molecule has 1 fully saturated rings. The predicted octanol–water partition coefficient (Wildman–Crippen LogP) is 3.19. The first-order valence-electron chi connectivity index (χ1n) is 7.57. The highest BCUT2D eigenvalue weighted by molar-refractivity contribution is 5.79. The Hall–Kier alpha value is -1.15. The molecule has 1 aliphatic carbocycles. The Kier molecular flexibility index (Phi) is 3.69. The van der Waals surface area contributed by atoms with Gasteiger partial charge in [0.2, 0.25) is 0 Å². The minimum Gasteiger partial charge on any atom is -0.300 e. The predicted molar refractivity (Wildman–Crippen MR) is 77.0 cm³/mol. The molecule has 0 saturated heterocycles. The number of carbonyl (C=O) groups excluding carboxylic acids is 1. The van der Waals surface area contributed by atoms with E-state index in [4.69, 9.17) is 0 Å². The number of carbonyl (C=O) groups is 1. The van der Waals surface area contributed by atoms with Crippen molar-refractivity contribution in [3.05, 3.63) is 35.4 Å². The molecule has 2 aliphatic rings. The number of fused-ring (bicyclic) bond motifs is 1. The van der Waals surface area contributed by atoms with Gasteiger partial charge in [-0.3, -0.25) is 9.69 Å². The second-order valence-electron chi connectivity index (χ2n) is 6.06. The van der Waals surface area contributed by atoms with E-state index < -0.39 is 0 Å². The summed E-state index contributed by atoms with van der Waals surface area (Å²) >= 11 is 0. The minimum absolute atomic E-state index is 0.277. The van der Waals surface area contributed by atoms with Crippen LogP contribution in [-0.4, -0.2) is 23.3 Å². The Morgan fingerprint density at radius 2 is 1.89 bits per heavy atom. The zero-order valence-corrected chi connectivity index (χ0v) is 11.8. The molecule has 2 unspecified atom stereocenters. The molecule has 0 N–H and O–H groups in total. The number of benzene rings is 1. The second-order valence-corrected chi connectivity index (χ2v) is 6.06. The molecular weight excluding hydrogens is 234 g/mol. The standard InChI is InChI=1S/C17H23NO/c1-13(19)16-8-4-5-9-17(16)18-11-10-14-6-2-3-7-15(14)12-18/h2-3,6-7,16-17H,4-5,8-12H2,1H3. The van der Waals surface area contributed by atoms with Crippen LogP contribution in [0.3, 0.4) is 0 Å². The number of rotatable bonds is 2. The Bertz CT molecular complexity index is 468. The molecule has 19 heavy (non-hydrogen) atoms. The maximum Gasteiger partial charge on any atom is 0.134 e. The van der Waals surface area contributed by atoms with Gasteiger partial charge in [0.15, 0.2) is 0 Å². The monoisotopic (exact) mass is 257 g/mol. The van der Waals surface area contributed by atoms with Crippen LogP contribution in [0.1, 0.15) is 43.7 Å². The third-order valence-electron chi connectivity index (χ3n) is 4.88. The summed E-state index contributed by atoms with van der Waals surface area (Å²) in [5, 5.41) is 0. The molecule has 1 aromatic rings. The van der Waals surface area contributed by atoms with Crippen LogP contribution in [0.2, 0.25) is 0 Å². The van der Waals surface area contributed by atoms with Crippen LogP contribution < -0.4 is 0 Å². The van der Waals surface area contributed by atoms with E-state index in [1.54, 1.807) is 6.92 Å². The fourth-order valence-corrected chi connectivity index (χ4v) is 3.82. The van der Waals surface area contributed by atoms with Gasteiger partial charge in [-0.05, 0) is 37.3 Å². The van der Waals surface area contributed by atoms with E-state index in [1.165, 1.54) is 30.4 Å². The lowest BCUT2D eigenvalue weighted by Gasteiger charge is -2.41. The largest absolute Gasteiger partial charge is 0.300 e. The molecule has 2 atom stereocenters. The van der Waals surface area contributed by atoms with Crippen LogP contribution in [0.5, 0.6) is 0 Å². The van der Waals surface area contributed by atoms with Crippen molar-refractivity contribution in [2.24, 2.45) is 5.92 Å². The zero-order valence-electron chi connectivity index (χ0n) is 11.8.